The second kappa shape index (κ2) is 7.57. The van der Waals surface area contributed by atoms with Gasteiger partial charge in [0.2, 0.25) is 0 Å². The van der Waals surface area contributed by atoms with Crippen LogP contribution >= 0.6 is 0 Å². The smallest absolute Gasteiger partial charge is 0.323 e. The van der Waals surface area contributed by atoms with E-state index in [0.29, 0.717) is 19.0 Å². The van der Waals surface area contributed by atoms with Crippen molar-refractivity contribution >= 4 is 17.5 Å². The van der Waals surface area contributed by atoms with E-state index < -0.39 is 0 Å². The summed E-state index contributed by atoms with van der Waals surface area (Å²) in [5.74, 6) is 2.11. The van der Waals surface area contributed by atoms with Gasteiger partial charge in [-0.3, -0.25) is 5.32 Å². The molecule has 0 aromatic carbocycles. The van der Waals surface area contributed by atoms with Crippen molar-refractivity contribution < 1.29 is 13.9 Å². The summed E-state index contributed by atoms with van der Waals surface area (Å²) in [5, 5.41) is 2.89. The Morgan fingerprint density at radius 1 is 1.44 bits per heavy atom. The summed E-state index contributed by atoms with van der Waals surface area (Å²) in [6, 6.07) is 7.37. The van der Waals surface area contributed by atoms with Crippen molar-refractivity contribution in [2.45, 2.75) is 25.5 Å². The molecule has 1 aliphatic heterocycles. The summed E-state index contributed by atoms with van der Waals surface area (Å²) in [6.07, 6.45) is 3.53. The zero-order chi connectivity index (χ0) is 17.8. The zero-order valence-electron chi connectivity index (χ0n) is 14.9. The highest BCUT2D eigenvalue weighted by Crippen LogP contribution is 2.33. The fourth-order valence-electron chi connectivity index (χ4n) is 3.05. The first-order valence-corrected chi connectivity index (χ1v) is 8.37. The van der Waals surface area contributed by atoms with Crippen LogP contribution in [-0.2, 0) is 11.3 Å². The summed E-state index contributed by atoms with van der Waals surface area (Å²) in [7, 11) is 5.53. The van der Waals surface area contributed by atoms with E-state index in [4.69, 9.17) is 9.15 Å². The molecule has 1 fully saturated rings. The molecule has 1 saturated heterocycles. The monoisotopic (exact) mass is 344 g/mol. The van der Waals surface area contributed by atoms with Gasteiger partial charge in [0.15, 0.2) is 0 Å². The molecule has 0 bridgehead atoms. The summed E-state index contributed by atoms with van der Waals surface area (Å²) in [5.41, 5.74) is 0.985. The van der Waals surface area contributed by atoms with Crippen LogP contribution in [0.4, 0.5) is 16.3 Å². The van der Waals surface area contributed by atoms with Gasteiger partial charge in [0.05, 0.1) is 6.04 Å². The number of nitrogens with one attached hydrogen (secondary N) is 1. The van der Waals surface area contributed by atoms with Crippen molar-refractivity contribution in [1.82, 2.24) is 9.88 Å². The van der Waals surface area contributed by atoms with E-state index in [1.807, 2.05) is 43.3 Å². The maximum atomic E-state index is 12.7. The fourth-order valence-corrected chi connectivity index (χ4v) is 3.05. The Kier molecular flexibility index (Phi) is 5.23. The van der Waals surface area contributed by atoms with Gasteiger partial charge >= 0.3 is 6.03 Å². The Morgan fingerprint density at radius 2 is 2.28 bits per heavy atom. The number of hydrogen-bond donors (Lipinski definition) is 1. The quantitative estimate of drug-likeness (QED) is 0.901. The molecular formula is C18H24N4O3. The number of carbonyl (C=O) groups is 1. The second-order valence-corrected chi connectivity index (χ2v) is 6.31. The predicted octanol–water partition coefficient (Wildman–Crippen LogP) is 3.26. The van der Waals surface area contributed by atoms with E-state index in [9.17, 15) is 4.79 Å². The van der Waals surface area contributed by atoms with Gasteiger partial charge in [-0.1, -0.05) is 0 Å². The van der Waals surface area contributed by atoms with Gasteiger partial charge in [0.25, 0.3) is 0 Å². The predicted molar refractivity (Wildman–Crippen MR) is 95.7 cm³/mol. The lowest BCUT2D eigenvalue weighted by Gasteiger charge is -2.23. The average molecular weight is 344 g/mol. The summed E-state index contributed by atoms with van der Waals surface area (Å²) in [4.78, 5) is 20.7. The number of methoxy groups -OCH3 is 1. The molecule has 7 nitrogen and oxygen atoms in total. The molecule has 2 amide bonds. The van der Waals surface area contributed by atoms with E-state index in [1.54, 1.807) is 18.2 Å². The van der Waals surface area contributed by atoms with Crippen molar-refractivity contribution in [2.24, 2.45) is 0 Å². The van der Waals surface area contributed by atoms with Crippen LogP contribution in [0.15, 0.2) is 34.9 Å². The number of aromatic nitrogens is 1. The molecule has 2 aromatic heterocycles. The molecular weight excluding hydrogens is 320 g/mol. The van der Waals surface area contributed by atoms with E-state index in [0.717, 1.165) is 30.0 Å². The summed E-state index contributed by atoms with van der Waals surface area (Å²) in [6.45, 7) is 1.13. The standard InChI is InChI=1S/C18H24N4O3/c1-21(2)13-8-9-19-17(11-13)20-18(23)22-10-4-5-15(22)16-7-6-14(25-16)12-24-3/h6-9,11,15H,4-5,10,12H2,1-3H3,(H,19,20,23)/t15-/m1/s1. The van der Waals surface area contributed by atoms with Gasteiger partial charge in [-0.25, -0.2) is 9.78 Å². The number of hydrogen-bond acceptors (Lipinski definition) is 5. The molecule has 0 spiro atoms. The van der Waals surface area contributed by atoms with Crippen molar-refractivity contribution in [3.05, 3.63) is 42.0 Å². The lowest BCUT2D eigenvalue weighted by molar-refractivity contribution is 0.157. The topological polar surface area (TPSA) is 70.8 Å². The highest BCUT2D eigenvalue weighted by atomic mass is 16.5. The minimum absolute atomic E-state index is 0.0531. The van der Waals surface area contributed by atoms with Crippen LogP contribution in [0.2, 0.25) is 0 Å². The molecule has 0 aliphatic carbocycles. The molecule has 3 heterocycles. The van der Waals surface area contributed by atoms with Crippen LogP contribution in [0.3, 0.4) is 0 Å². The third-order valence-corrected chi connectivity index (χ3v) is 4.31. The highest BCUT2D eigenvalue weighted by molar-refractivity contribution is 5.89. The molecule has 7 heteroatoms. The third kappa shape index (κ3) is 3.93. The third-order valence-electron chi connectivity index (χ3n) is 4.31. The minimum Gasteiger partial charge on any atom is -0.461 e. The molecule has 0 radical (unpaired) electrons. The van der Waals surface area contributed by atoms with Crippen molar-refractivity contribution in [3.63, 3.8) is 0 Å². The number of furan rings is 1. The minimum atomic E-state index is -0.157. The number of carbonyl (C=O) groups excluding carboxylic acids is 1. The Labute approximate surface area is 147 Å². The lowest BCUT2D eigenvalue weighted by atomic mass is 10.2. The van der Waals surface area contributed by atoms with Crippen LogP contribution in [0.25, 0.3) is 0 Å². The Bertz CT molecular complexity index is 729. The first-order valence-electron chi connectivity index (χ1n) is 8.37. The number of rotatable bonds is 5. The van der Waals surface area contributed by atoms with Crippen LogP contribution in [0.5, 0.6) is 0 Å². The summed E-state index contributed by atoms with van der Waals surface area (Å²) >= 11 is 0. The highest BCUT2D eigenvalue weighted by Gasteiger charge is 2.32. The molecule has 134 valence electrons. The van der Waals surface area contributed by atoms with Crippen molar-refractivity contribution in [1.29, 1.82) is 0 Å². The number of nitrogens with zero attached hydrogens (tertiary/aromatic N) is 3. The van der Waals surface area contributed by atoms with Crippen LogP contribution in [0.1, 0.15) is 30.4 Å². The first kappa shape index (κ1) is 17.3. The molecule has 3 rings (SSSR count). The van der Waals surface area contributed by atoms with E-state index in [-0.39, 0.29) is 12.1 Å². The van der Waals surface area contributed by atoms with Crippen molar-refractivity contribution in [3.8, 4) is 0 Å². The van der Waals surface area contributed by atoms with Crippen molar-refractivity contribution in [2.75, 3.05) is 38.0 Å². The van der Waals surface area contributed by atoms with Crippen LogP contribution in [-0.4, -0.2) is 43.7 Å². The average Bonchev–Trinajstić information content (AvgIpc) is 3.24. The van der Waals surface area contributed by atoms with Crippen LogP contribution in [0, 0.1) is 0 Å². The number of ether oxygens (including phenoxy) is 1. The Balaban J connectivity index is 1.71. The lowest BCUT2D eigenvalue weighted by Crippen LogP contribution is -2.34. The number of amides is 2. The van der Waals surface area contributed by atoms with Gasteiger partial charge in [0.1, 0.15) is 23.9 Å². The SMILES string of the molecule is COCc1ccc([C@H]2CCCN2C(=O)Nc2cc(N(C)C)ccn2)o1. The van der Waals surface area contributed by atoms with E-state index >= 15 is 0 Å². The van der Waals surface area contributed by atoms with Gasteiger partial charge < -0.3 is 19.0 Å². The van der Waals surface area contributed by atoms with Gasteiger partial charge in [0, 0.05) is 45.7 Å². The van der Waals surface area contributed by atoms with Gasteiger partial charge in [-0.05, 0) is 31.0 Å². The molecule has 0 unspecified atom stereocenters. The zero-order valence-corrected chi connectivity index (χ0v) is 14.9. The number of likely N-dealkylation sites (tertiary alicyclic amines) is 1. The second-order valence-electron chi connectivity index (χ2n) is 6.31. The maximum Gasteiger partial charge on any atom is 0.323 e. The molecule has 25 heavy (non-hydrogen) atoms. The molecule has 1 aliphatic rings. The Hall–Kier alpha value is -2.54. The van der Waals surface area contributed by atoms with Gasteiger partial charge in [-0.2, -0.15) is 0 Å². The first-order chi connectivity index (χ1) is 12.1. The van der Waals surface area contributed by atoms with Gasteiger partial charge in [-0.15, -0.1) is 0 Å². The number of urea groups is 1. The fraction of sp³-hybridized carbons (Fsp3) is 0.444. The van der Waals surface area contributed by atoms with E-state index in [1.165, 1.54) is 0 Å². The molecule has 0 saturated carbocycles. The summed E-state index contributed by atoms with van der Waals surface area (Å²) < 4.78 is 10.9. The number of pyridine rings is 1. The van der Waals surface area contributed by atoms with E-state index in [2.05, 4.69) is 10.3 Å². The Morgan fingerprint density at radius 3 is 3.04 bits per heavy atom. The normalized spacial score (nSPS) is 16.9. The molecule has 2 aromatic rings. The largest absolute Gasteiger partial charge is 0.461 e. The molecule has 1 N–H and O–H groups in total. The van der Waals surface area contributed by atoms with Crippen LogP contribution < -0.4 is 10.2 Å². The maximum absolute atomic E-state index is 12.7. The number of anilines is 2. The molecule has 1 atom stereocenters.